The summed E-state index contributed by atoms with van der Waals surface area (Å²) in [7, 11) is 0. The molecule has 0 amide bonds. The summed E-state index contributed by atoms with van der Waals surface area (Å²) in [6.07, 6.45) is -4.61. The lowest BCUT2D eigenvalue weighted by atomic mass is 10.1. The number of nitrogens with zero attached hydrogens (tertiary/aromatic N) is 2. The molecule has 1 aromatic carbocycles. The van der Waals surface area contributed by atoms with E-state index in [4.69, 9.17) is 0 Å². The lowest BCUT2D eigenvalue weighted by molar-refractivity contribution is -0.138. The Kier molecular flexibility index (Phi) is 5.35. The zero-order chi connectivity index (χ0) is 18.7. The van der Waals surface area contributed by atoms with Crippen molar-refractivity contribution < 1.29 is 13.2 Å². The van der Waals surface area contributed by atoms with Gasteiger partial charge in [-0.25, -0.2) is 4.98 Å². The van der Waals surface area contributed by atoms with E-state index >= 15 is 0 Å². The maximum Gasteiger partial charge on any atom is 0.417 e. The summed E-state index contributed by atoms with van der Waals surface area (Å²) in [5, 5.41) is 11.2. The summed E-state index contributed by atoms with van der Waals surface area (Å²) in [6.45, 7) is 1.94. The van der Waals surface area contributed by atoms with Gasteiger partial charge in [-0.3, -0.25) is 0 Å². The first kappa shape index (κ1) is 18.5. The average Bonchev–Trinajstić information content (AvgIpc) is 3.14. The van der Waals surface area contributed by atoms with Crippen LogP contribution in [-0.2, 0) is 11.9 Å². The van der Waals surface area contributed by atoms with E-state index in [0.29, 0.717) is 10.6 Å². The van der Waals surface area contributed by atoms with Crippen LogP contribution in [0.15, 0.2) is 52.9 Å². The van der Waals surface area contributed by atoms with Crippen LogP contribution in [0.5, 0.6) is 0 Å². The number of nitriles is 1. The first-order valence-corrected chi connectivity index (χ1v) is 9.50. The highest BCUT2D eigenvalue weighted by atomic mass is 32.2. The number of thioether (sulfide) groups is 1. The second kappa shape index (κ2) is 7.52. The Bertz CT molecular complexity index is 958. The molecular formula is C19H13F3N2S2. The zero-order valence-electron chi connectivity index (χ0n) is 13.7. The minimum atomic E-state index is -4.61. The average molecular weight is 390 g/mol. The van der Waals surface area contributed by atoms with Crippen LogP contribution in [0.4, 0.5) is 13.2 Å². The molecule has 0 N–H and O–H groups in total. The standard InChI is InChI=1S/C19H13F3N2S2/c1-12-5-2-3-6-13(12)11-26-18-14(10-23)15(19(20,21)22)9-16(24-18)17-7-4-8-25-17/h2-9H,11H2,1H3. The Labute approximate surface area is 157 Å². The first-order chi connectivity index (χ1) is 12.4. The topological polar surface area (TPSA) is 36.7 Å². The number of hydrogen-bond donors (Lipinski definition) is 0. The van der Waals surface area contributed by atoms with Crippen LogP contribution in [0.3, 0.4) is 0 Å². The molecule has 3 aromatic rings. The molecule has 0 aliphatic carbocycles. The third kappa shape index (κ3) is 3.92. The van der Waals surface area contributed by atoms with Crippen molar-refractivity contribution in [1.82, 2.24) is 4.98 Å². The van der Waals surface area contributed by atoms with E-state index in [1.165, 1.54) is 11.3 Å². The Morgan fingerprint density at radius 2 is 1.96 bits per heavy atom. The van der Waals surface area contributed by atoms with Gasteiger partial charge in [-0.05, 0) is 35.6 Å². The Morgan fingerprint density at radius 1 is 1.19 bits per heavy atom. The normalized spacial score (nSPS) is 11.3. The molecule has 0 unspecified atom stereocenters. The van der Waals surface area contributed by atoms with E-state index in [0.717, 1.165) is 29.0 Å². The minimum Gasteiger partial charge on any atom is -0.239 e. The summed E-state index contributed by atoms with van der Waals surface area (Å²) in [5.41, 5.74) is 0.919. The van der Waals surface area contributed by atoms with Gasteiger partial charge in [0.05, 0.1) is 21.7 Å². The number of pyridine rings is 1. The van der Waals surface area contributed by atoms with Gasteiger partial charge >= 0.3 is 6.18 Å². The summed E-state index contributed by atoms with van der Waals surface area (Å²) in [6, 6.07) is 13.8. The van der Waals surface area contributed by atoms with Crippen LogP contribution < -0.4 is 0 Å². The quantitative estimate of drug-likeness (QED) is 0.491. The third-order valence-corrected chi connectivity index (χ3v) is 5.72. The molecule has 0 radical (unpaired) electrons. The number of benzene rings is 1. The molecule has 132 valence electrons. The molecule has 26 heavy (non-hydrogen) atoms. The van der Waals surface area contributed by atoms with Gasteiger partial charge in [-0.15, -0.1) is 23.1 Å². The molecular weight excluding hydrogens is 377 g/mol. The molecule has 0 aliphatic heterocycles. The van der Waals surface area contributed by atoms with Crippen molar-refractivity contribution in [2.75, 3.05) is 0 Å². The molecule has 0 spiro atoms. The Hall–Kier alpha value is -2.30. The maximum absolute atomic E-state index is 13.5. The second-order valence-corrected chi connectivity index (χ2v) is 7.45. The van der Waals surface area contributed by atoms with Crippen molar-refractivity contribution in [1.29, 1.82) is 5.26 Å². The van der Waals surface area contributed by atoms with Crippen molar-refractivity contribution in [3.63, 3.8) is 0 Å². The van der Waals surface area contributed by atoms with Crippen LogP contribution in [0.1, 0.15) is 22.3 Å². The molecule has 0 saturated carbocycles. The number of alkyl halides is 3. The van der Waals surface area contributed by atoms with E-state index < -0.39 is 17.3 Å². The summed E-state index contributed by atoms with van der Waals surface area (Å²) in [4.78, 5) is 4.99. The lowest BCUT2D eigenvalue weighted by Gasteiger charge is -2.14. The van der Waals surface area contributed by atoms with E-state index in [1.54, 1.807) is 23.6 Å². The highest BCUT2D eigenvalue weighted by Crippen LogP contribution is 2.39. The largest absolute Gasteiger partial charge is 0.417 e. The van der Waals surface area contributed by atoms with Crippen molar-refractivity contribution in [2.24, 2.45) is 0 Å². The monoisotopic (exact) mass is 390 g/mol. The number of aromatic nitrogens is 1. The number of rotatable bonds is 4. The van der Waals surface area contributed by atoms with Crippen LogP contribution >= 0.6 is 23.1 Å². The van der Waals surface area contributed by atoms with Gasteiger partial charge in [0, 0.05) is 5.75 Å². The predicted octanol–water partition coefficient (Wildman–Crippen LogP) is 6.30. The lowest BCUT2D eigenvalue weighted by Crippen LogP contribution is -2.10. The molecule has 2 nitrogen and oxygen atoms in total. The molecule has 3 rings (SSSR count). The fraction of sp³-hybridized carbons (Fsp3) is 0.158. The second-order valence-electron chi connectivity index (χ2n) is 5.54. The first-order valence-electron chi connectivity index (χ1n) is 7.63. The highest BCUT2D eigenvalue weighted by Gasteiger charge is 2.36. The van der Waals surface area contributed by atoms with Crippen molar-refractivity contribution in [3.8, 4) is 16.6 Å². The fourth-order valence-electron chi connectivity index (χ4n) is 2.43. The number of aryl methyl sites for hydroxylation is 1. The minimum absolute atomic E-state index is 0.106. The Balaban J connectivity index is 2.06. The van der Waals surface area contributed by atoms with Crippen molar-refractivity contribution >= 4 is 23.1 Å². The van der Waals surface area contributed by atoms with E-state index in [1.807, 2.05) is 31.2 Å². The summed E-state index contributed by atoms with van der Waals surface area (Å²) in [5.74, 6) is 0.444. The highest BCUT2D eigenvalue weighted by molar-refractivity contribution is 7.98. The smallest absolute Gasteiger partial charge is 0.239 e. The van der Waals surface area contributed by atoms with Gasteiger partial charge in [0.25, 0.3) is 0 Å². The van der Waals surface area contributed by atoms with Gasteiger partial charge in [0.2, 0.25) is 0 Å². The molecule has 2 heterocycles. The van der Waals surface area contributed by atoms with Gasteiger partial charge in [0.1, 0.15) is 11.1 Å². The van der Waals surface area contributed by atoms with Gasteiger partial charge in [0.15, 0.2) is 0 Å². The zero-order valence-corrected chi connectivity index (χ0v) is 15.3. The molecule has 0 fully saturated rings. The van der Waals surface area contributed by atoms with Crippen LogP contribution in [-0.4, -0.2) is 4.98 Å². The maximum atomic E-state index is 13.5. The molecule has 0 atom stereocenters. The molecule has 0 saturated heterocycles. The van der Waals surface area contributed by atoms with Gasteiger partial charge in [-0.1, -0.05) is 30.3 Å². The number of hydrogen-bond acceptors (Lipinski definition) is 4. The van der Waals surface area contributed by atoms with Gasteiger partial charge in [-0.2, -0.15) is 18.4 Å². The van der Waals surface area contributed by atoms with Crippen molar-refractivity contribution in [3.05, 3.63) is 70.1 Å². The van der Waals surface area contributed by atoms with E-state index in [9.17, 15) is 18.4 Å². The Morgan fingerprint density at radius 3 is 2.58 bits per heavy atom. The number of thiophene rings is 1. The van der Waals surface area contributed by atoms with E-state index in [2.05, 4.69) is 4.98 Å². The summed E-state index contributed by atoms with van der Waals surface area (Å²) >= 11 is 2.46. The fourth-order valence-corrected chi connectivity index (χ4v) is 4.19. The molecule has 2 aromatic heterocycles. The predicted molar refractivity (Wildman–Crippen MR) is 98.0 cm³/mol. The van der Waals surface area contributed by atoms with Crippen molar-refractivity contribution in [2.45, 2.75) is 23.9 Å². The van der Waals surface area contributed by atoms with Crippen LogP contribution in [0.2, 0.25) is 0 Å². The van der Waals surface area contributed by atoms with Gasteiger partial charge < -0.3 is 0 Å². The third-order valence-electron chi connectivity index (χ3n) is 3.80. The van der Waals surface area contributed by atoms with Crippen LogP contribution in [0.25, 0.3) is 10.6 Å². The number of halogens is 3. The molecule has 0 aliphatic rings. The molecule has 7 heteroatoms. The van der Waals surface area contributed by atoms with Crippen LogP contribution in [0, 0.1) is 18.3 Å². The summed E-state index contributed by atoms with van der Waals surface area (Å²) < 4.78 is 40.4. The molecule has 0 bridgehead atoms. The SMILES string of the molecule is Cc1ccccc1CSc1nc(-c2cccs2)cc(C(F)(F)F)c1C#N. The van der Waals surface area contributed by atoms with E-state index in [-0.39, 0.29) is 10.7 Å².